The van der Waals surface area contributed by atoms with E-state index in [2.05, 4.69) is 201 Å². The summed E-state index contributed by atoms with van der Waals surface area (Å²) in [7, 11) is 0. The number of hydrogen-bond acceptors (Lipinski definition) is 2. The maximum atomic E-state index is 3.73. The molecule has 2 nitrogen and oxygen atoms in total. The smallest absolute Gasteiger partial charge is 0.0720 e. The Balaban J connectivity index is 1.37. The zero-order valence-corrected chi connectivity index (χ0v) is 29.3. The van der Waals surface area contributed by atoms with E-state index in [4.69, 9.17) is 0 Å². The van der Waals surface area contributed by atoms with Crippen molar-refractivity contribution >= 4 is 97.1 Å². The van der Waals surface area contributed by atoms with E-state index in [1.54, 1.807) is 0 Å². The molecule has 10 aromatic rings. The first-order chi connectivity index (χ1) is 24.7. The van der Waals surface area contributed by atoms with E-state index >= 15 is 0 Å². The van der Waals surface area contributed by atoms with E-state index in [0.717, 1.165) is 27.1 Å². The van der Waals surface area contributed by atoms with Crippen LogP contribution in [0.1, 0.15) is 0 Å². The monoisotopic (exact) mass is 720 g/mol. The Labute approximate surface area is 302 Å². The molecule has 0 N–H and O–H groups in total. The van der Waals surface area contributed by atoms with Gasteiger partial charge in [-0.15, -0.1) is 11.3 Å². The Kier molecular flexibility index (Phi) is 6.86. The summed E-state index contributed by atoms with van der Waals surface area (Å²) in [5.74, 6) is 0. The normalized spacial score (nSPS) is 11.7. The molecule has 0 aliphatic rings. The van der Waals surface area contributed by atoms with Gasteiger partial charge in [-0.05, 0) is 65.5 Å². The van der Waals surface area contributed by atoms with Gasteiger partial charge in [0.05, 0.1) is 32.8 Å². The molecule has 0 fully saturated rings. The summed E-state index contributed by atoms with van der Waals surface area (Å²) in [4.78, 5) is 2.45. The lowest BCUT2D eigenvalue weighted by Gasteiger charge is -2.28. The third kappa shape index (κ3) is 4.53. The van der Waals surface area contributed by atoms with Crippen LogP contribution in [0.2, 0.25) is 0 Å². The molecule has 10 rings (SSSR count). The van der Waals surface area contributed by atoms with Crippen LogP contribution in [0, 0.1) is 0 Å². The summed E-state index contributed by atoms with van der Waals surface area (Å²) in [5.41, 5.74) is 9.31. The Morgan fingerprint density at radius 1 is 0.520 bits per heavy atom. The fourth-order valence-electron chi connectivity index (χ4n) is 7.70. The van der Waals surface area contributed by atoms with Crippen LogP contribution < -0.4 is 4.90 Å². The molecule has 0 bridgehead atoms. The summed E-state index contributed by atoms with van der Waals surface area (Å²) in [5, 5.41) is 7.53. The average Bonchev–Trinajstić information content (AvgIpc) is 3.72. The second kappa shape index (κ2) is 11.7. The number of fused-ring (bicyclic) bond motifs is 8. The second-order valence-electron chi connectivity index (χ2n) is 12.6. The average molecular weight is 722 g/mol. The third-order valence-corrected chi connectivity index (χ3v) is 11.5. The second-order valence-corrected chi connectivity index (χ2v) is 14.6. The van der Waals surface area contributed by atoms with Crippen LogP contribution in [0.25, 0.3) is 69.6 Å². The number of para-hydroxylation sites is 2. The van der Waals surface area contributed by atoms with Crippen molar-refractivity contribution in [2.75, 3.05) is 4.90 Å². The molecule has 0 aliphatic carbocycles. The van der Waals surface area contributed by atoms with Crippen molar-refractivity contribution in [1.29, 1.82) is 0 Å². The van der Waals surface area contributed by atoms with Crippen molar-refractivity contribution in [3.05, 3.63) is 180 Å². The predicted molar refractivity (Wildman–Crippen MR) is 219 cm³/mol. The fraction of sp³-hybridized carbons (Fsp3) is 0. The van der Waals surface area contributed by atoms with E-state index in [1.165, 1.54) is 64.0 Å². The molecule has 0 aliphatic heterocycles. The Hall–Kier alpha value is -5.68. The number of thiophene rings is 1. The number of nitrogens with zero attached hydrogens (tertiary/aromatic N) is 2. The van der Waals surface area contributed by atoms with Crippen molar-refractivity contribution < 1.29 is 0 Å². The standard InChI is InChI=1S/C46H29BrN2S/c47-32-16-10-15-31(29-32)35-20-6-8-22-39(35)48(33-17-2-1-3-18-33)41-24-12-25-42-44(41)38-28-27-37-36-21-7-9-26-43(36)50-46(37)45(38)49(42)40-23-11-14-30-13-4-5-19-34(30)40/h1-29H. The van der Waals surface area contributed by atoms with Gasteiger partial charge in [-0.2, -0.15) is 0 Å². The molecule has 4 heteroatoms. The van der Waals surface area contributed by atoms with E-state index in [1.807, 2.05) is 11.3 Å². The van der Waals surface area contributed by atoms with Crippen LogP contribution in [-0.4, -0.2) is 4.57 Å². The van der Waals surface area contributed by atoms with E-state index in [9.17, 15) is 0 Å². The summed E-state index contributed by atoms with van der Waals surface area (Å²) in [6.07, 6.45) is 0. The molecule has 0 atom stereocenters. The van der Waals surface area contributed by atoms with Gasteiger partial charge in [0.15, 0.2) is 0 Å². The van der Waals surface area contributed by atoms with E-state index in [-0.39, 0.29) is 0 Å². The maximum absolute atomic E-state index is 3.73. The first-order valence-electron chi connectivity index (χ1n) is 16.8. The molecule has 2 heterocycles. The van der Waals surface area contributed by atoms with Crippen LogP contribution in [0.3, 0.4) is 0 Å². The van der Waals surface area contributed by atoms with Crippen molar-refractivity contribution in [3.8, 4) is 16.8 Å². The van der Waals surface area contributed by atoms with Crippen molar-refractivity contribution in [3.63, 3.8) is 0 Å². The Morgan fingerprint density at radius 3 is 2.12 bits per heavy atom. The van der Waals surface area contributed by atoms with Crippen molar-refractivity contribution in [1.82, 2.24) is 4.57 Å². The van der Waals surface area contributed by atoms with Crippen LogP contribution in [0.4, 0.5) is 17.1 Å². The van der Waals surface area contributed by atoms with Crippen LogP contribution in [0.5, 0.6) is 0 Å². The van der Waals surface area contributed by atoms with Crippen LogP contribution in [-0.2, 0) is 0 Å². The number of hydrogen-bond donors (Lipinski definition) is 0. The lowest BCUT2D eigenvalue weighted by molar-refractivity contribution is 1.20. The highest BCUT2D eigenvalue weighted by molar-refractivity contribution is 9.10. The minimum Gasteiger partial charge on any atom is -0.309 e. The molecule has 0 radical (unpaired) electrons. The van der Waals surface area contributed by atoms with Gasteiger partial charge in [-0.1, -0.05) is 137 Å². The molecule has 0 unspecified atom stereocenters. The quantitative estimate of drug-likeness (QED) is 0.172. The van der Waals surface area contributed by atoms with Gasteiger partial charge in [0.2, 0.25) is 0 Å². The van der Waals surface area contributed by atoms with Crippen LogP contribution >= 0.6 is 27.3 Å². The first kappa shape index (κ1) is 29.3. The molecular weight excluding hydrogens is 692 g/mol. The minimum absolute atomic E-state index is 1.06. The highest BCUT2D eigenvalue weighted by Gasteiger charge is 2.25. The lowest BCUT2D eigenvalue weighted by Crippen LogP contribution is -2.11. The van der Waals surface area contributed by atoms with Crippen molar-refractivity contribution in [2.24, 2.45) is 0 Å². The summed E-state index contributed by atoms with van der Waals surface area (Å²) in [6, 6.07) is 63.8. The Morgan fingerprint density at radius 2 is 1.22 bits per heavy atom. The fourth-order valence-corrected chi connectivity index (χ4v) is 9.34. The summed E-state index contributed by atoms with van der Waals surface area (Å²) >= 11 is 5.62. The van der Waals surface area contributed by atoms with E-state index < -0.39 is 0 Å². The van der Waals surface area contributed by atoms with Crippen LogP contribution in [0.15, 0.2) is 180 Å². The topological polar surface area (TPSA) is 8.17 Å². The molecular formula is C46H29BrN2S. The largest absolute Gasteiger partial charge is 0.309 e. The number of halogens is 1. The number of rotatable bonds is 5. The molecule has 50 heavy (non-hydrogen) atoms. The molecule has 0 saturated carbocycles. The zero-order chi connectivity index (χ0) is 33.2. The van der Waals surface area contributed by atoms with Gasteiger partial charge >= 0.3 is 0 Å². The van der Waals surface area contributed by atoms with Gasteiger partial charge in [-0.25, -0.2) is 0 Å². The van der Waals surface area contributed by atoms with Gasteiger partial charge < -0.3 is 9.47 Å². The van der Waals surface area contributed by atoms with Gasteiger partial charge in [0.25, 0.3) is 0 Å². The summed E-state index contributed by atoms with van der Waals surface area (Å²) in [6.45, 7) is 0. The molecule has 0 spiro atoms. The summed E-state index contributed by atoms with van der Waals surface area (Å²) < 4.78 is 6.19. The van der Waals surface area contributed by atoms with E-state index in [0.29, 0.717) is 0 Å². The molecule has 8 aromatic carbocycles. The minimum atomic E-state index is 1.06. The number of aromatic nitrogens is 1. The molecule has 0 amide bonds. The predicted octanol–water partition coefficient (Wildman–Crippen LogP) is 14.2. The highest BCUT2D eigenvalue weighted by atomic mass is 79.9. The number of anilines is 3. The third-order valence-electron chi connectivity index (χ3n) is 9.82. The highest BCUT2D eigenvalue weighted by Crippen LogP contribution is 2.49. The lowest BCUT2D eigenvalue weighted by atomic mass is 10.0. The van der Waals surface area contributed by atoms with Gasteiger partial charge in [-0.3, -0.25) is 0 Å². The molecule has 236 valence electrons. The zero-order valence-electron chi connectivity index (χ0n) is 26.9. The SMILES string of the molecule is Brc1cccc(-c2ccccc2N(c2ccccc2)c2cccc3c2c2ccc4c5ccccc5sc4c2n3-c2cccc3ccccc23)c1. The first-order valence-corrected chi connectivity index (χ1v) is 18.4. The maximum Gasteiger partial charge on any atom is 0.0720 e. The Bertz CT molecular complexity index is 2900. The molecule has 2 aromatic heterocycles. The van der Waals surface area contributed by atoms with Crippen molar-refractivity contribution in [2.45, 2.75) is 0 Å². The van der Waals surface area contributed by atoms with Gasteiger partial charge in [0.1, 0.15) is 0 Å². The number of benzene rings is 8. The van der Waals surface area contributed by atoms with Gasteiger partial charge in [0, 0.05) is 47.4 Å². The molecule has 0 saturated heterocycles.